The lowest BCUT2D eigenvalue weighted by Crippen LogP contribution is -2.51. The molecule has 1 heterocycles. The van der Waals surface area contributed by atoms with Crippen molar-refractivity contribution in [1.82, 2.24) is 9.21 Å². The Balaban J connectivity index is 1.55. The van der Waals surface area contributed by atoms with Gasteiger partial charge in [0.25, 0.3) is 5.91 Å². The summed E-state index contributed by atoms with van der Waals surface area (Å²) < 4.78 is 45.6. The van der Waals surface area contributed by atoms with Crippen molar-refractivity contribution in [3.63, 3.8) is 0 Å². The number of halogens is 3. The summed E-state index contributed by atoms with van der Waals surface area (Å²) in [7, 11) is -3.63. The summed E-state index contributed by atoms with van der Waals surface area (Å²) in [4.78, 5) is 14.1. The van der Waals surface area contributed by atoms with Crippen LogP contribution in [-0.2, 0) is 14.8 Å². The standard InChI is InChI=1S/C18H17BrClFN2O4S/c19-16-11-14(21)3-6-17(16)27-12-18(24)22-7-9-23(10-8-22)28(25,26)15-4-1-13(20)2-5-15/h1-6,11H,7-10,12H2. The van der Waals surface area contributed by atoms with E-state index in [4.69, 9.17) is 16.3 Å². The third-order valence-corrected chi connectivity index (χ3v) is 7.07. The summed E-state index contributed by atoms with van der Waals surface area (Å²) >= 11 is 8.98. The summed E-state index contributed by atoms with van der Waals surface area (Å²) in [5.74, 6) is -0.318. The van der Waals surface area contributed by atoms with Gasteiger partial charge in [-0.2, -0.15) is 4.31 Å². The number of nitrogens with zero attached hydrogens (tertiary/aromatic N) is 2. The Labute approximate surface area is 176 Å². The molecule has 0 radical (unpaired) electrons. The van der Waals surface area contributed by atoms with Crippen LogP contribution in [0.25, 0.3) is 0 Å². The first-order valence-corrected chi connectivity index (χ1v) is 11.0. The molecule has 0 N–H and O–H groups in total. The molecule has 0 bridgehead atoms. The highest BCUT2D eigenvalue weighted by Gasteiger charge is 2.30. The van der Waals surface area contributed by atoms with E-state index in [0.29, 0.717) is 15.2 Å². The van der Waals surface area contributed by atoms with Gasteiger partial charge in [-0.3, -0.25) is 4.79 Å². The van der Waals surface area contributed by atoms with E-state index in [1.165, 1.54) is 46.8 Å². The molecule has 2 aromatic rings. The maximum absolute atomic E-state index is 13.1. The average molecular weight is 492 g/mol. The Kier molecular flexibility index (Phi) is 6.59. The molecule has 28 heavy (non-hydrogen) atoms. The number of carbonyl (C=O) groups is 1. The Morgan fingerprint density at radius 1 is 1.11 bits per heavy atom. The number of amides is 1. The highest BCUT2D eigenvalue weighted by Crippen LogP contribution is 2.25. The third-order valence-electron chi connectivity index (χ3n) is 4.29. The van der Waals surface area contributed by atoms with E-state index < -0.39 is 15.8 Å². The van der Waals surface area contributed by atoms with Gasteiger partial charge >= 0.3 is 0 Å². The molecule has 1 amide bonds. The number of sulfonamides is 1. The average Bonchev–Trinajstić information content (AvgIpc) is 2.67. The van der Waals surface area contributed by atoms with Crippen LogP contribution < -0.4 is 4.74 Å². The van der Waals surface area contributed by atoms with E-state index in [0.717, 1.165) is 0 Å². The molecule has 1 aliphatic heterocycles. The molecule has 10 heteroatoms. The molecule has 0 aromatic heterocycles. The van der Waals surface area contributed by atoms with Gasteiger partial charge in [0.2, 0.25) is 10.0 Å². The van der Waals surface area contributed by atoms with E-state index >= 15 is 0 Å². The normalized spacial score (nSPS) is 15.5. The Hall–Kier alpha value is -1.68. The van der Waals surface area contributed by atoms with Crippen LogP contribution in [0.3, 0.4) is 0 Å². The summed E-state index contributed by atoms with van der Waals surface area (Å²) in [5.41, 5.74) is 0. The number of hydrogen-bond donors (Lipinski definition) is 0. The maximum Gasteiger partial charge on any atom is 0.260 e. The molecule has 0 unspecified atom stereocenters. The van der Waals surface area contributed by atoms with E-state index in [-0.39, 0.29) is 43.6 Å². The number of benzene rings is 2. The van der Waals surface area contributed by atoms with E-state index in [1.807, 2.05) is 0 Å². The first kappa shape index (κ1) is 21.0. The monoisotopic (exact) mass is 490 g/mol. The fourth-order valence-corrected chi connectivity index (χ4v) is 4.77. The molecule has 0 saturated carbocycles. The van der Waals surface area contributed by atoms with Gasteiger partial charge in [0, 0.05) is 31.2 Å². The summed E-state index contributed by atoms with van der Waals surface area (Å²) in [6.07, 6.45) is 0. The van der Waals surface area contributed by atoms with Crippen LogP contribution in [0, 0.1) is 5.82 Å². The van der Waals surface area contributed by atoms with Crippen molar-refractivity contribution in [2.24, 2.45) is 0 Å². The van der Waals surface area contributed by atoms with Gasteiger partial charge in [0.05, 0.1) is 9.37 Å². The molecule has 1 saturated heterocycles. The molecule has 6 nitrogen and oxygen atoms in total. The number of hydrogen-bond acceptors (Lipinski definition) is 4. The molecule has 150 valence electrons. The van der Waals surface area contributed by atoms with E-state index in [1.54, 1.807) is 4.90 Å². The Bertz CT molecular complexity index is 964. The van der Waals surface area contributed by atoms with Crippen molar-refractivity contribution in [2.75, 3.05) is 32.8 Å². The zero-order valence-corrected chi connectivity index (χ0v) is 17.8. The largest absolute Gasteiger partial charge is 0.483 e. The van der Waals surface area contributed by atoms with Gasteiger partial charge in [0.1, 0.15) is 11.6 Å². The Morgan fingerprint density at radius 2 is 1.75 bits per heavy atom. The zero-order valence-electron chi connectivity index (χ0n) is 14.6. The third kappa shape index (κ3) is 4.83. The van der Waals surface area contributed by atoms with Crippen LogP contribution in [0.2, 0.25) is 5.02 Å². The van der Waals surface area contributed by atoms with Gasteiger partial charge in [-0.25, -0.2) is 12.8 Å². The summed E-state index contributed by atoms with van der Waals surface area (Å²) in [6, 6.07) is 9.90. The summed E-state index contributed by atoms with van der Waals surface area (Å²) in [6.45, 7) is 0.696. The summed E-state index contributed by atoms with van der Waals surface area (Å²) in [5, 5.41) is 0.460. The second kappa shape index (κ2) is 8.77. The molecule has 2 aromatic carbocycles. The van der Waals surface area contributed by atoms with Crippen molar-refractivity contribution in [3.05, 3.63) is 57.8 Å². The highest BCUT2D eigenvalue weighted by molar-refractivity contribution is 9.10. The predicted octanol–water partition coefficient (Wildman–Crippen LogP) is 3.15. The highest BCUT2D eigenvalue weighted by atomic mass is 79.9. The second-order valence-corrected chi connectivity index (χ2v) is 9.33. The first-order valence-electron chi connectivity index (χ1n) is 8.39. The zero-order chi connectivity index (χ0) is 20.3. The molecular formula is C18H17BrClFN2O4S. The maximum atomic E-state index is 13.1. The molecule has 0 spiro atoms. The van der Waals surface area contributed by atoms with Crippen molar-refractivity contribution >= 4 is 43.5 Å². The minimum atomic E-state index is -3.63. The van der Waals surface area contributed by atoms with Crippen molar-refractivity contribution < 1.29 is 22.3 Å². The van der Waals surface area contributed by atoms with Gasteiger partial charge in [-0.05, 0) is 58.4 Å². The smallest absolute Gasteiger partial charge is 0.260 e. The number of ether oxygens (including phenoxy) is 1. The molecule has 0 atom stereocenters. The first-order chi connectivity index (χ1) is 13.3. The van der Waals surface area contributed by atoms with Gasteiger partial charge in [0.15, 0.2) is 6.61 Å². The van der Waals surface area contributed by atoms with Gasteiger partial charge < -0.3 is 9.64 Å². The van der Waals surface area contributed by atoms with E-state index in [2.05, 4.69) is 15.9 Å². The quantitative estimate of drug-likeness (QED) is 0.644. The predicted molar refractivity (Wildman–Crippen MR) is 106 cm³/mol. The van der Waals surface area contributed by atoms with Crippen LogP contribution >= 0.6 is 27.5 Å². The molecule has 1 fully saturated rings. The van der Waals surface area contributed by atoms with Crippen molar-refractivity contribution in [1.29, 1.82) is 0 Å². The second-order valence-electron chi connectivity index (χ2n) is 6.10. The van der Waals surface area contributed by atoms with Crippen LogP contribution in [0.5, 0.6) is 5.75 Å². The molecule has 3 rings (SSSR count). The van der Waals surface area contributed by atoms with Gasteiger partial charge in [-0.15, -0.1) is 0 Å². The minimum absolute atomic E-state index is 0.168. The lowest BCUT2D eigenvalue weighted by molar-refractivity contribution is -0.134. The molecule has 1 aliphatic rings. The van der Waals surface area contributed by atoms with Crippen LogP contribution in [0.15, 0.2) is 51.8 Å². The fourth-order valence-electron chi connectivity index (χ4n) is 2.76. The lowest BCUT2D eigenvalue weighted by Gasteiger charge is -2.34. The molecule has 0 aliphatic carbocycles. The molecular weight excluding hydrogens is 475 g/mol. The van der Waals surface area contributed by atoms with Crippen LogP contribution in [0.1, 0.15) is 0 Å². The van der Waals surface area contributed by atoms with Crippen LogP contribution in [0.4, 0.5) is 4.39 Å². The minimum Gasteiger partial charge on any atom is -0.483 e. The Morgan fingerprint density at radius 3 is 2.36 bits per heavy atom. The SMILES string of the molecule is O=C(COc1ccc(F)cc1Br)N1CCN(S(=O)(=O)c2ccc(Cl)cc2)CC1. The fraction of sp³-hybridized carbons (Fsp3) is 0.278. The van der Waals surface area contributed by atoms with Crippen LogP contribution in [-0.4, -0.2) is 56.3 Å². The van der Waals surface area contributed by atoms with Crippen molar-refractivity contribution in [2.45, 2.75) is 4.90 Å². The van der Waals surface area contributed by atoms with E-state index in [9.17, 15) is 17.6 Å². The lowest BCUT2D eigenvalue weighted by atomic mass is 10.3. The van der Waals surface area contributed by atoms with Crippen molar-refractivity contribution in [3.8, 4) is 5.75 Å². The van der Waals surface area contributed by atoms with Gasteiger partial charge in [-0.1, -0.05) is 11.6 Å². The number of rotatable bonds is 5. The number of piperazine rings is 1. The number of carbonyl (C=O) groups excluding carboxylic acids is 1. The topological polar surface area (TPSA) is 66.9 Å².